The quantitative estimate of drug-likeness (QED) is 0.197. The molecule has 3 aromatic rings. The van der Waals surface area contributed by atoms with Gasteiger partial charge in [0.2, 0.25) is 0 Å². The number of amides is 1. The molecule has 3 N–H and O–H groups in total. The van der Waals surface area contributed by atoms with Crippen LogP contribution >= 0.6 is 11.8 Å². The molecule has 1 aromatic heterocycles. The van der Waals surface area contributed by atoms with Gasteiger partial charge in [-0.15, -0.1) is 0 Å². The van der Waals surface area contributed by atoms with E-state index in [1.165, 1.54) is 31.5 Å². The van der Waals surface area contributed by atoms with Crippen LogP contribution in [0.25, 0.3) is 0 Å². The number of carbonyl (C=O) groups is 1. The number of benzene rings is 2. The summed E-state index contributed by atoms with van der Waals surface area (Å²) in [6.45, 7) is 0. The minimum Gasteiger partial charge on any atom is -0.490 e. The number of aromatic nitrogens is 3. The van der Waals surface area contributed by atoms with Crippen LogP contribution in [0.1, 0.15) is 16.4 Å². The van der Waals surface area contributed by atoms with E-state index in [1.54, 1.807) is 30.3 Å². The highest BCUT2D eigenvalue weighted by Gasteiger charge is 2.24. The van der Waals surface area contributed by atoms with E-state index in [9.17, 15) is 24.5 Å². The number of rotatable bonds is 8. The molecule has 0 aliphatic heterocycles. The predicted molar refractivity (Wildman–Crippen MR) is 116 cm³/mol. The standard InChI is InChI=1S/C19H16N6O6S/c1-31-14-8-7-11(9-13(14)25(29)30)10-20-22-16(26)15(12-5-3-2-4-6-12)32-18-17(27)21-19(28)24-23-18/h2-10,15H,1H3,(H,22,26)(H2,21,24,27,28)/b20-10-. The van der Waals surface area contributed by atoms with E-state index < -0.39 is 27.3 Å². The number of H-pyrrole nitrogens is 2. The van der Waals surface area contributed by atoms with E-state index in [2.05, 4.69) is 20.7 Å². The lowest BCUT2D eigenvalue weighted by Gasteiger charge is -2.14. The second kappa shape index (κ2) is 10.2. The highest BCUT2D eigenvalue weighted by atomic mass is 32.2. The van der Waals surface area contributed by atoms with Crippen molar-refractivity contribution in [1.29, 1.82) is 0 Å². The third-order valence-electron chi connectivity index (χ3n) is 4.04. The zero-order chi connectivity index (χ0) is 23.1. The Kier molecular flexibility index (Phi) is 7.13. The highest BCUT2D eigenvalue weighted by molar-refractivity contribution is 8.00. The number of hydrogen-bond donors (Lipinski definition) is 3. The molecule has 12 nitrogen and oxygen atoms in total. The minimum atomic E-state index is -0.918. The second-order valence-electron chi connectivity index (χ2n) is 6.14. The maximum Gasteiger partial charge on any atom is 0.342 e. The van der Waals surface area contributed by atoms with Crippen LogP contribution in [0.4, 0.5) is 5.69 Å². The van der Waals surface area contributed by atoms with Crippen molar-refractivity contribution in [2.75, 3.05) is 7.11 Å². The van der Waals surface area contributed by atoms with Gasteiger partial charge in [0.1, 0.15) is 5.25 Å². The fraction of sp³-hybridized carbons (Fsp3) is 0.105. The number of nitrogens with zero attached hydrogens (tertiary/aromatic N) is 3. The summed E-state index contributed by atoms with van der Waals surface area (Å²) in [5.41, 5.74) is 1.54. The first-order valence-corrected chi connectivity index (χ1v) is 9.83. The summed E-state index contributed by atoms with van der Waals surface area (Å²) in [5.74, 6) is -0.483. The lowest BCUT2D eigenvalue weighted by atomic mass is 10.1. The molecule has 0 saturated carbocycles. The van der Waals surface area contributed by atoms with Gasteiger partial charge in [0, 0.05) is 11.6 Å². The lowest BCUT2D eigenvalue weighted by Crippen LogP contribution is -2.28. The molecule has 0 aliphatic carbocycles. The van der Waals surface area contributed by atoms with Crippen molar-refractivity contribution in [1.82, 2.24) is 20.6 Å². The molecule has 2 aromatic carbocycles. The summed E-state index contributed by atoms with van der Waals surface area (Å²) < 4.78 is 4.94. The molecule has 13 heteroatoms. The average Bonchev–Trinajstić information content (AvgIpc) is 2.79. The Balaban J connectivity index is 1.81. The lowest BCUT2D eigenvalue weighted by molar-refractivity contribution is -0.385. The number of nitro benzene ring substituents is 1. The molecule has 1 unspecified atom stereocenters. The summed E-state index contributed by atoms with van der Waals surface area (Å²) in [7, 11) is 1.32. The molecule has 0 fully saturated rings. The Morgan fingerprint density at radius 1 is 1.28 bits per heavy atom. The molecule has 1 amide bonds. The van der Waals surface area contributed by atoms with Gasteiger partial charge in [-0.3, -0.25) is 24.7 Å². The van der Waals surface area contributed by atoms with E-state index in [4.69, 9.17) is 4.74 Å². The van der Waals surface area contributed by atoms with Gasteiger partial charge < -0.3 is 4.74 Å². The first-order chi connectivity index (χ1) is 15.4. The Morgan fingerprint density at radius 3 is 2.69 bits per heavy atom. The predicted octanol–water partition coefficient (Wildman–Crippen LogP) is 1.36. The van der Waals surface area contributed by atoms with Crippen molar-refractivity contribution in [2.45, 2.75) is 10.3 Å². The first kappa shape index (κ1) is 22.4. The Hall–Kier alpha value is -4.26. The molecule has 164 valence electrons. The smallest absolute Gasteiger partial charge is 0.342 e. The number of ether oxygens (including phenoxy) is 1. The van der Waals surface area contributed by atoms with Crippen LogP contribution in [0.5, 0.6) is 5.75 Å². The van der Waals surface area contributed by atoms with Crippen LogP contribution in [0.2, 0.25) is 0 Å². The van der Waals surface area contributed by atoms with Crippen LogP contribution in [0.3, 0.4) is 0 Å². The molecular formula is C19H16N6O6S. The van der Waals surface area contributed by atoms with Gasteiger partial charge in [-0.1, -0.05) is 42.1 Å². The van der Waals surface area contributed by atoms with Gasteiger partial charge in [0.25, 0.3) is 11.5 Å². The van der Waals surface area contributed by atoms with E-state index >= 15 is 0 Å². The molecule has 0 radical (unpaired) electrons. The van der Waals surface area contributed by atoms with Crippen LogP contribution < -0.4 is 21.4 Å². The SMILES string of the molecule is COc1ccc(/C=N\NC(=O)C(Sc2n[nH]c(=O)[nH]c2=O)c2ccccc2)cc1[N+](=O)[O-]. The van der Waals surface area contributed by atoms with Crippen molar-refractivity contribution in [3.63, 3.8) is 0 Å². The zero-order valence-corrected chi connectivity index (χ0v) is 17.3. The van der Waals surface area contributed by atoms with Crippen LogP contribution in [-0.2, 0) is 4.79 Å². The largest absolute Gasteiger partial charge is 0.490 e. The number of carbonyl (C=O) groups excluding carboxylic acids is 1. The average molecular weight is 456 g/mol. The van der Waals surface area contributed by atoms with E-state index in [1.807, 2.05) is 4.98 Å². The maximum absolute atomic E-state index is 12.8. The fourth-order valence-electron chi connectivity index (χ4n) is 2.59. The Labute approximate surface area is 183 Å². The minimum absolute atomic E-state index is 0.0929. The number of nitro groups is 1. The summed E-state index contributed by atoms with van der Waals surface area (Å²) in [6.07, 6.45) is 1.24. The molecule has 1 heterocycles. The van der Waals surface area contributed by atoms with Crippen LogP contribution in [0, 0.1) is 10.1 Å². The summed E-state index contributed by atoms with van der Waals surface area (Å²) in [4.78, 5) is 48.6. The molecule has 0 aliphatic rings. The monoisotopic (exact) mass is 456 g/mol. The molecular weight excluding hydrogens is 440 g/mol. The van der Waals surface area contributed by atoms with Gasteiger partial charge in [-0.05, 0) is 17.7 Å². The molecule has 1 atom stereocenters. The van der Waals surface area contributed by atoms with E-state index in [0.29, 0.717) is 11.1 Å². The Bertz CT molecular complexity index is 1270. The highest BCUT2D eigenvalue weighted by Crippen LogP contribution is 2.32. The van der Waals surface area contributed by atoms with E-state index in [-0.39, 0.29) is 16.5 Å². The summed E-state index contributed by atoms with van der Waals surface area (Å²) in [5, 5.41) is 19.8. The Morgan fingerprint density at radius 2 is 2.03 bits per heavy atom. The molecule has 32 heavy (non-hydrogen) atoms. The molecule has 0 bridgehead atoms. The van der Waals surface area contributed by atoms with E-state index in [0.717, 1.165) is 11.8 Å². The zero-order valence-electron chi connectivity index (χ0n) is 16.5. The van der Waals surface area contributed by atoms with Crippen molar-refractivity contribution in [2.24, 2.45) is 5.10 Å². The van der Waals surface area contributed by atoms with Gasteiger partial charge in [0.15, 0.2) is 10.8 Å². The van der Waals surface area contributed by atoms with Crippen molar-refractivity contribution in [3.8, 4) is 5.75 Å². The molecule has 3 rings (SSSR count). The van der Waals surface area contributed by atoms with Gasteiger partial charge >= 0.3 is 11.4 Å². The summed E-state index contributed by atoms with van der Waals surface area (Å²) >= 11 is 0.826. The third-order valence-corrected chi connectivity index (χ3v) is 5.26. The number of methoxy groups -OCH3 is 1. The van der Waals surface area contributed by atoms with Gasteiger partial charge in [-0.25, -0.2) is 15.3 Å². The van der Waals surface area contributed by atoms with Crippen LogP contribution in [-0.4, -0.2) is 39.3 Å². The second-order valence-corrected chi connectivity index (χ2v) is 7.24. The van der Waals surface area contributed by atoms with Crippen molar-refractivity contribution >= 4 is 29.6 Å². The maximum atomic E-state index is 12.8. The van der Waals surface area contributed by atoms with Crippen molar-refractivity contribution < 1.29 is 14.5 Å². The number of hydrazone groups is 1. The topological polar surface area (TPSA) is 172 Å². The van der Waals surface area contributed by atoms with Crippen LogP contribution in [0.15, 0.2) is 68.2 Å². The number of hydrogen-bond acceptors (Lipinski definition) is 9. The number of aromatic amines is 2. The number of thioether (sulfide) groups is 1. The molecule has 0 spiro atoms. The van der Waals surface area contributed by atoms with Gasteiger partial charge in [-0.2, -0.15) is 10.2 Å². The first-order valence-electron chi connectivity index (χ1n) is 8.95. The molecule has 0 saturated heterocycles. The third kappa shape index (κ3) is 5.46. The number of nitrogens with one attached hydrogen (secondary N) is 3. The normalized spacial score (nSPS) is 11.8. The van der Waals surface area contributed by atoms with Crippen molar-refractivity contribution in [3.05, 3.63) is 90.6 Å². The fourth-order valence-corrected chi connectivity index (χ4v) is 3.52. The van der Waals surface area contributed by atoms with Gasteiger partial charge in [0.05, 0.1) is 18.2 Å². The summed E-state index contributed by atoms with van der Waals surface area (Å²) in [6, 6.07) is 12.8.